The monoisotopic (exact) mass is 339 g/mol. The Morgan fingerprint density at radius 1 is 1.21 bits per heavy atom. The average molecular weight is 339 g/mol. The van der Waals surface area contributed by atoms with E-state index in [1.807, 2.05) is 54.9 Å². The molecule has 3 rings (SSSR count). The van der Waals surface area contributed by atoms with E-state index < -0.39 is 0 Å². The van der Waals surface area contributed by atoms with Crippen LogP contribution in [0.4, 0.5) is 5.69 Å². The lowest BCUT2D eigenvalue weighted by molar-refractivity contribution is -0.113. The van der Waals surface area contributed by atoms with Crippen molar-refractivity contribution in [2.75, 3.05) is 11.1 Å². The Kier molecular flexibility index (Phi) is 4.90. The summed E-state index contributed by atoms with van der Waals surface area (Å²) < 4.78 is 1.86. The Morgan fingerprint density at radius 3 is 2.71 bits per heavy atom. The second-order valence-electron chi connectivity index (χ2n) is 5.31. The standard InChI is InChI=1S/C17H17N5OS/c1-12-5-7-14(8-6-12)19-15(23)11-24-17-21-20-16(22(17)2)13-4-3-9-18-10-13/h3-10H,11H2,1-2H3,(H,19,23). The van der Waals surface area contributed by atoms with Crippen LogP contribution < -0.4 is 5.32 Å². The summed E-state index contributed by atoms with van der Waals surface area (Å²) >= 11 is 1.35. The van der Waals surface area contributed by atoms with Gasteiger partial charge in [0, 0.05) is 30.7 Å². The zero-order chi connectivity index (χ0) is 16.9. The highest BCUT2D eigenvalue weighted by molar-refractivity contribution is 7.99. The molecule has 7 heteroatoms. The summed E-state index contributed by atoms with van der Waals surface area (Å²) in [4.78, 5) is 16.1. The summed E-state index contributed by atoms with van der Waals surface area (Å²) in [5.74, 6) is 0.923. The minimum Gasteiger partial charge on any atom is -0.325 e. The number of aromatic nitrogens is 4. The van der Waals surface area contributed by atoms with Gasteiger partial charge in [-0.25, -0.2) is 0 Å². The Labute approximate surface area is 144 Å². The maximum absolute atomic E-state index is 12.1. The fraction of sp³-hybridized carbons (Fsp3) is 0.176. The van der Waals surface area contributed by atoms with Crippen LogP contribution in [0, 0.1) is 6.92 Å². The predicted molar refractivity (Wildman–Crippen MR) is 94.8 cm³/mol. The number of rotatable bonds is 5. The first-order valence-corrected chi connectivity index (χ1v) is 8.41. The lowest BCUT2D eigenvalue weighted by atomic mass is 10.2. The van der Waals surface area contributed by atoms with E-state index in [2.05, 4.69) is 20.5 Å². The van der Waals surface area contributed by atoms with Crippen LogP contribution >= 0.6 is 11.8 Å². The van der Waals surface area contributed by atoms with Gasteiger partial charge in [-0.15, -0.1) is 10.2 Å². The van der Waals surface area contributed by atoms with Crippen LogP contribution in [0.5, 0.6) is 0 Å². The van der Waals surface area contributed by atoms with Crippen LogP contribution in [0.3, 0.4) is 0 Å². The van der Waals surface area contributed by atoms with E-state index in [0.29, 0.717) is 5.16 Å². The number of anilines is 1. The molecule has 0 aliphatic heterocycles. The first-order chi connectivity index (χ1) is 11.6. The van der Waals surface area contributed by atoms with Gasteiger partial charge in [0.05, 0.1) is 5.75 Å². The molecule has 0 saturated carbocycles. The van der Waals surface area contributed by atoms with Gasteiger partial charge >= 0.3 is 0 Å². The third-order valence-corrected chi connectivity index (χ3v) is 4.44. The topological polar surface area (TPSA) is 72.7 Å². The molecule has 0 radical (unpaired) electrons. The van der Waals surface area contributed by atoms with Crippen molar-refractivity contribution < 1.29 is 4.79 Å². The fourth-order valence-corrected chi connectivity index (χ4v) is 2.86. The maximum Gasteiger partial charge on any atom is 0.234 e. The lowest BCUT2D eigenvalue weighted by Gasteiger charge is -2.06. The molecule has 6 nitrogen and oxygen atoms in total. The highest BCUT2D eigenvalue weighted by Crippen LogP contribution is 2.22. The smallest absolute Gasteiger partial charge is 0.234 e. The highest BCUT2D eigenvalue weighted by Gasteiger charge is 2.13. The summed E-state index contributed by atoms with van der Waals surface area (Å²) in [5.41, 5.74) is 2.84. The molecule has 0 unspecified atom stereocenters. The second kappa shape index (κ2) is 7.27. The van der Waals surface area contributed by atoms with Gasteiger partial charge in [0.1, 0.15) is 0 Å². The average Bonchev–Trinajstić information content (AvgIpc) is 2.97. The van der Waals surface area contributed by atoms with Crippen molar-refractivity contribution in [3.63, 3.8) is 0 Å². The first-order valence-electron chi connectivity index (χ1n) is 7.42. The van der Waals surface area contributed by atoms with Crippen molar-refractivity contribution in [3.05, 3.63) is 54.4 Å². The normalized spacial score (nSPS) is 10.6. The van der Waals surface area contributed by atoms with Gasteiger partial charge in [-0.3, -0.25) is 9.78 Å². The van der Waals surface area contributed by atoms with E-state index in [1.165, 1.54) is 11.8 Å². The van der Waals surface area contributed by atoms with Crippen molar-refractivity contribution in [1.82, 2.24) is 19.7 Å². The largest absolute Gasteiger partial charge is 0.325 e. The molecule has 0 fully saturated rings. The molecule has 0 spiro atoms. The van der Waals surface area contributed by atoms with Crippen molar-refractivity contribution in [1.29, 1.82) is 0 Å². The van der Waals surface area contributed by atoms with E-state index in [4.69, 9.17) is 0 Å². The molecule has 3 aromatic rings. The molecule has 2 heterocycles. The van der Waals surface area contributed by atoms with E-state index >= 15 is 0 Å². The number of thioether (sulfide) groups is 1. The Balaban J connectivity index is 1.62. The fourth-order valence-electron chi connectivity index (χ4n) is 2.15. The van der Waals surface area contributed by atoms with Crippen LogP contribution in [-0.2, 0) is 11.8 Å². The van der Waals surface area contributed by atoms with Crippen LogP contribution in [0.1, 0.15) is 5.56 Å². The number of benzene rings is 1. The number of aryl methyl sites for hydroxylation is 1. The highest BCUT2D eigenvalue weighted by atomic mass is 32.2. The molecule has 122 valence electrons. The zero-order valence-electron chi connectivity index (χ0n) is 13.4. The molecule has 0 atom stereocenters. The van der Waals surface area contributed by atoms with Crippen LogP contribution in [0.15, 0.2) is 53.9 Å². The summed E-state index contributed by atoms with van der Waals surface area (Å²) in [5, 5.41) is 11.9. The van der Waals surface area contributed by atoms with Gasteiger partial charge in [0.15, 0.2) is 11.0 Å². The number of pyridine rings is 1. The lowest BCUT2D eigenvalue weighted by Crippen LogP contribution is -2.14. The van der Waals surface area contributed by atoms with Crippen molar-refractivity contribution in [3.8, 4) is 11.4 Å². The molecule has 0 saturated heterocycles. The quantitative estimate of drug-likeness (QED) is 0.724. The molecule has 1 N–H and O–H groups in total. The van der Waals surface area contributed by atoms with E-state index in [9.17, 15) is 4.79 Å². The molecule has 0 aliphatic carbocycles. The van der Waals surface area contributed by atoms with Gasteiger partial charge in [0.2, 0.25) is 5.91 Å². The number of nitrogens with zero attached hydrogens (tertiary/aromatic N) is 4. The maximum atomic E-state index is 12.1. The van der Waals surface area contributed by atoms with Crippen LogP contribution in [0.2, 0.25) is 0 Å². The third kappa shape index (κ3) is 3.80. The third-order valence-electron chi connectivity index (χ3n) is 3.42. The first kappa shape index (κ1) is 16.2. The van der Waals surface area contributed by atoms with Gasteiger partial charge in [0.25, 0.3) is 0 Å². The van der Waals surface area contributed by atoms with E-state index in [-0.39, 0.29) is 11.7 Å². The molecular formula is C17H17N5OS. The van der Waals surface area contributed by atoms with E-state index in [1.54, 1.807) is 12.4 Å². The molecule has 1 amide bonds. The van der Waals surface area contributed by atoms with Crippen LogP contribution in [0.25, 0.3) is 11.4 Å². The molecule has 2 aromatic heterocycles. The van der Waals surface area contributed by atoms with Crippen molar-refractivity contribution >= 4 is 23.4 Å². The molecule has 1 aromatic carbocycles. The zero-order valence-corrected chi connectivity index (χ0v) is 14.2. The Bertz CT molecular complexity index is 830. The second-order valence-corrected chi connectivity index (χ2v) is 6.25. The van der Waals surface area contributed by atoms with Gasteiger partial charge < -0.3 is 9.88 Å². The van der Waals surface area contributed by atoms with Crippen molar-refractivity contribution in [2.24, 2.45) is 7.05 Å². The summed E-state index contributed by atoms with van der Waals surface area (Å²) in [6, 6.07) is 11.5. The summed E-state index contributed by atoms with van der Waals surface area (Å²) in [7, 11) is 1.88. The Hall–Kier alpha value is -2.67. The minimum absolute atomic E-state index is 0.0743. The number of amides is 1. The van der Waals surface area contributed by atoms with Crippen LogP contribution in [-0.4, -0.2) is 31.4 Å². The molecule has 0 bridgehead atoms. The minimum atomic E-state index is -0.0743. The summed E-state index contributed by atoms with van der Waals surface area (Å²) in [6.45, 7) is 2.01. The van der Waals surface area contributed by atoms with Gasteiger partial charge in [-0.05, 0) is 31.2 Å². The number of carbonyl (C=O) groups is 1. The van der Waals surface area contributed by atoms with E-state index in [0.717, 1.165) is 22.6 Å². The predicted octanol–water partition coefficient (Wildman–Crippen LogP) is 2.92. The summed E-state index contributed by atoms with van der Waals surface area (Å²) in [6.07, 6.45) is 3.45. The number of hydrogen-bond donors (Lipinski definition) is 1. The van der Waals surface area contributed by atoms with Crippen molar-refractivity contribution in [2.45, 2.75) is 12.1 Å². The number of hydrogen-bond acceptors (Lipinski definition) is 5. The SMILES string of the molecule is Cc1ccc(NC(=O)CSc2nnc(-c3cccnc3)n2C)cc1. The van der Waals surface area contributed by atoms with Gasteiger partial charge in [-0.2, -0.15) is 0 Å². The molecule has 0 aliphatic rings. The Morgan fingerprint density at radius 2 is 2.00 bits per heavy atom. The molecule has 24 heavy (non-hydrogen) atoms. The van der Waals surface area contributed by atoms with Gasteiger partial charge in [-0.1, -0.05) is 29.5 Å². The number of nitrogens with one attached hydrogen (secondary N) is 1. The number of carbonyl (C=O) groups excluding carboxylic acids is 1. The molecular weight excluding hydrogens is 322 g/mol.